The molecule has 0 spiro atoms. The lowest BCUT2D eigenvalue weighted by Crippen LogP contribution is -2.70. The number of thioether (sulfide) groups is 1. The van der Waals surface area contributed by atoms with E-state index < -0.39 is 48.0 Å². The van der Waals surface area contributed by atoms with Crippen LogP contribution in [0.3, 0.4) is 0 Å². The van der Waals surface area contributed by atoms with Crippen LogP contribution in [0.15, 0.2) is 0 Å². The molecule has 146 valence electrons. The van der Waals surface area contributed by atoms with Crippen molar-refractivity contribution in [2.75, 3.05) is 10.4 Å². The molecule has 0 saturated carbocycles. The topological polar surface area (TPSA) is 0 Å². The van der Waals surface area contributed by atoms with Gasteiger partial charge in [0, 0.05) is 16.8 Å². The standard InChI is InChI=1S/C9H6BrF13S/c10-3-24-2-1-4(11,12)5(13,14)6(15,16)7(17,18)8(19,20)9(21,22)23/h1-3H2. The Labute approximate surface area is 138 Å². The maximum absolute atomic E-state index is 13.1. The second kappa shape index (κ2) is 6.91. The van der Waals surface area contributed by atoms with E-state index in [9.17, 15) is 57.1 Å². The van der Waals surface area contributed by atoms with Crippen molar-refractivity contribution in [2.24, 2.45) is 0 Å². The fourth-order valence-corrected chi connectivity index (χ4v) is 2.41. The zero-order valence-corrected chi connectivity index (χ0v) is 13.2. The minimum atomic E-state index is -7.83. The molecular formula is C9H6BrF13S. The summed E-state index contributed by atoms with van der Waals surface area (Å²) in [5, 5.41) is 0. The number of rotatable bonds is 8. The van der Waals surface area contributed by atoms with E-state index in [0.29, 0.717) is 11.8 Å². The van der Waals surface area contributed by atoms with Gasteiger partial charge in [-0.1, -0.05) is 15.9 Å². The fourth-order valence-electron chi connectivity index (χ4n) is 1.21. The van der Waals surface area contributed by atoms with Gasteiger partial charge in [0.1, 0.15) is 0 Å². The summed E-state index contributed by atoms with van der Waals surface area (Å²) in [5.41, 5.74) is 0. The predicted octanol–water partition coefficient (Wildman–Crippen LogP) is 6.20. The summed E-state index contributed by atoms with van der Waals surface area (Å²) in [7, 11) is 0. The average molecular weight is 473 g/mol. The zero-order chi connectivity index (χ0) is 19.8. The molecule has 0 radical (unpaired) electrons. The van der Waals surface area contributed by atoms with Gasteiger partial charge in [-0.15, -0.1) is 0 Å². The first-order valence-electron chi connectivity index (χ1n) is 5.40. The number of hydrogen-bond donors (Lipinski definition) is 0. The predicted molar refractivity (Wildman–Crippen MR) is 61.7 cm³/mol. The van der Waals surface area contributed by atoms with Crippen LogP contribution in [0.1, 0.15) is 6.42 Å². The molecule has 0 atom stereocenters. The Morgan fingerprint density at radius 3 is 1.29 bits per heavy atom. The summed E-state index contributed by atoms with van der Waals surface area (Å²) in [6.07, 6.45) is -9.55. The maximum Gasteiger partial charge on any atom is 0.460 e. The van der Waals surface area contributed by atoms with Gasteiger partial charge in [-0.05, 0) is 0 Å². The summed E-state index contributed by atoms with van der Waals surface area (Å²) in [5.74, 6) is -37.3. The molecule has 0 N–H and O–H groups in total. The molecule has 0 fully saturated rings. The van der Waals surface area contributed by atoms with Gasteiger partial charge in [-0.2, -0.15) is 68.8 Å². The molecule has 0 aliphatic heterocycles. The molecule has 0 aliphatic carbocycles. The summed E-state index contributed by atoms with van der Waals surface area (Å²) in [6.45, 7) is 0. The van der Waals surface area contributed by atoms with Crippen molar-refractivity contribution in [1.29, 1.82) is 0 Å². The van der Waals surface area contributed by atoms with E-state index >= 15 is 0 Å². The van der Waals surface area contributed by atoms with Crippen LogP contribution in [0.2, 0.25) is 0 Å². The number of alkyl halides is 14. The minimum absolute atomic E-state index is 0.145. The van der Waals surface area contributed by atoms with Gasteiger partial charge >= 0.3 is 35.8 Å². The van der Waals surface area contributed by atoms with E-state index in [4.69, 9.17) is 0 Å². The molecule has 0 aromatic heterocycles. The molecule has 0 rings (SSSR count). The first-order valence-corrected chi connectivity index (χ1v) is 7.68. The van der Waals surface area contributed by atoms with E-state index in [0.717, 1.165) is 0 Å². The van der Waals surface area contributed by atoms with E-state index in [1.54, 1.807) is 0 Å². The largest absolute Gasteiger partial charge is 0.460 e. The van der Waals surface area contributed by atoms with Crippen LogP contribution in [-0.4, -0.2) is 46.2 Å². The molecule has 0 unspecified atom stereocenters. The molecule has 0 saturated heterocycles. The Bertz CT molecular complexity index is 430. The summed E-state index contributed by atoms with van der Waals surface area (Å²) >= 11 is 3.05. The van der Waals surface area contributed by atoms with Crippen LogP contribution < -0.4 is 0 Å². The quantitative estimate of drug-likeness (QED) is 0.230. The molecule has 0 aliphatic rings. The lowest BCUT2D eigenvalue weighted by atomic mass is 9.93. The highest BCUT2D eigenvalue weighted by molar-refractivity contribution is 9.11. The molecular weight excluding hydrogens is 467 g/mol. The van der Waals surface area contributed by atoms with Crippen LogP contribution >= 0.6 is 27.7 Å². The first kappa shape index (κ1) is 23.9. The monoisotopic (exact) mass is 472 g/mol. The third-order valence-electron chi connectivity index (χ3n) is 2.64. The fraction of sp³-hybridized carbons (Fsp3) is 1.00. The Hall–Kier alpha value is -0.0800. The van der Waals surface area contributed by atoms with Gasteiger partial charge in [0.2, 0.25) is 0 Å². The molecule has 0 amide bonds. The van der Waals surface area contributed by atoms with Gasteiger partial charge in [0.25, 0.3) is 0 Å². The third-order valence-corrected chi connectivity index (χ3v) is 4.25. The Kier molecular flexibility index (Phi) is 6.89. The van der Waals surface area contributed by atoms with Crippen LogP contribution in [0.25, 0.3) is 0 Å². The second-order valence-corrected chi connectivity index (χ2v) is 6.68. The highest BCUT2D eigenvalue weighted by atomic mass is 79.9. The molecule has 0 aromatic rings. The summed E-state index contributed by atoms with van der Waals surface area (Å²) in [6, 6.07) is 0. The van der Waals surface area contributed by atoms with Gasteiger partial charge in [-0.25, -0.2) is 0 Å². The van der Waals surface area contributed by atoms with Crippen molar-refractivity contribution < 1.29 is 57.1 Å². The molecule has 0 bridgehead atoms. The molecule has 0 heterocycles. The molecule has 15 heteroatoms. The Morgan fingerprint density at radius 2 is 0.958 bits per heavy atom. The van der Waals surface area contributed by atoms with Crippen molar-refractivity contribution in [1.82, 2.24) is 0 Å². The Balaban J connectivity index is 5.92. The van der Waals surface area contributed by atoms with Crippen molar-refractivity contribution in [3.63, 3.8) is 0 Å². The van der Waals surface area contributed by atoms with Crippen LogP contribution in [0.5, 0.6) is 0 Å². The van der Waals surface area contributed by atoms with Gasteiger partial charge in [0.15, 0.2) is 0 Å². The van der Waals surface area contributed by atoms with Gasteiger partial charge in [0.05, 0.1) is 0 Å². The van der Waals surface area contributed by atoms with Crippen LogP contribution in [0.4, 0.5) is 57.1 Å². The lowest BCUT2D eigenvalue weighted by molar-refractivity contribution is -0.439. The normalized spacial score (nSPS) is 15.8. The summed E-state index contributed by atoms with van der Waals surface area (Å²) < 4.78 is 164. The van der Waals surface area contributed by atoms with E-state index in [1.807, 2.05) is 0 Å². The van der Waals surface area contributed by atoms with Crippen molar-refractivity contribution in [3.8, 4) is 0 Å². The van der Waals surface area contributed by atoms with Crippen LogP contribution in [-0.2, 0) is 0 Å². The van der Waals surface area contributed by atoms with Crippen LogP contribution in [0, 0.1) is 0 Å². The minimum Gasteiger partial charge on any atom is -0.200 e. The third kappa shape index (κ3) is 3.70. The Morgan fingerprint density at radius 1 is 0.583 bits per heavy atom. The summed E-state index contributed by atoms with van der Waals surface area (Å²) in [4.78, 5) is 0. The second-order valence-electron chi connectivity index (χ2n) is 4.27. The molecule has 24 heavy (non-hydrogen) atoms. The average Bonchev–Trinajstić information content (AvgIpc) is 2.36. The zero-order valence-electron chi connectivity index (χ0n) is 10.8. The van der Waals surface area contributed by atoms with Crippen molar-refractivity contribution >= 4 is 27.7 Å². The SMILES string of the molecule is FC(F)(F)C(F)(F)C(F)(F)C(F)(F)C(F)(F)C(F)(F)CCSCBr. The van der Waals surface area contributed by atoms with E-state index in [2.05, 4.69) is 15.9 Å². The maximum atomic E-state index is 13.1. The van der Waals surface area contributed by atoms with Gasteiger partial charge < -0.3 is 0 Å². The first-order chi connectivity index (χ1) is 10.3. The smallest absolute Gasteiger partial charge is 0.200 e. The lowest BCUT2D eigenvalue weighted by Gasteiger charge is -2.39. The number of hydrogen-bond acceptors (Lipinski definition) is 1. The highest BCUT2D eigenvalue weighted by Crippen LogP contribution is 2.60. The van der Waals surface area contributed by atoms with E-state index in [1.165, 1.54) is 0 Å². The number of halogens is 14. The van der Waals surface area contributed by atoms with Gasteiger partial charge in [-0.3, -0.25) is 0 Å². The van der Waals surface area contributed by atoms with Crippen molar-refractivity contribution in [2.45, 2.75) is 42.2 Å². The highest BCUT2D eigenvalue weighted by Gasteiger charge is 2.90. The van der Waals surface area contributed by atoms with E-state index in [-0.39, 0.29) is 4.66 Å². The molecule has 0 aromatic carbocycles. The molecule has 0 nitrogen and oxygen atoms in total. The van der Waals surface area contributed by atoms with Crippen molar-refractivity contribution in [3.05, 3.63) is 0 Å².